The Hall–Kier alpha value is -1.95. The second kappa shape index (κ2) is 7.00. The smallest absolute Gasteiger partial charge is 0.225 e. The molecule has 0 aliphatic carbocycles. The summed E-state index contributed by atoms with van der Waals surface area (Å²) in [5.41, 5.74) is 0.807. The number of likely N-dealkylation sites (tertiary alicyclic amines) is 1. The summed E-state index contributed by atoms with van der Waals surface area (Å²) in [5, 5.41) is 2.83. The van der Waals surface area contributed by atoms with Gasteiger partial charge in [-0.1, -0.05) is 6.07 Å². The lowest BCUT2D eigenvalue weighted by Gasteiger charge is -2.15. The van der Waals surface area contributed by atoms with Crippen molar-refractivity contribution in [2.24, 2.45) is 5.92 Å². The van der Waals surface area contributed by atoms with Gasteiger partial charge in [0.2, 0.25) is 11.8 Å². The van der Waals surface area contributed by atoms with Crippen LogP contribution in [0.15, 0.2) is 24.4 Å². The third-order valence-corrected chi connectivity index (χ3v) is 3.32. The van der Waals surface area contributed by atoms with Crippen molar-refractivity contribution in [2.45, 2.75) is 13.0 Å². The van der Waals surface area contributed by atoms with E-state index < -0.39 is 0 Å². The van der Waals surface area contributed by atoms with Crippen LogP contribution in [0.25, 0.3) is 0 Å². The molecule has 0 spiro atoms. The number of carbonyl (C=O) groups excluding carboxylic acids is 2. The van der Waals surface area contributed by atoms with Crippen molar-refractivity contribution in [1.29, 1.82) is 0 Å². The second-order valence-electron chi connectivity index (χ2n) is 4.77. The van der Waals surface area contributed by atoms with Crippen molar-refractivity contribution >= 4 is 11.8 Å². The Bertz CT molecular complexity index is 464. The summed E-state index contributed by atoms with van der Waals surface area (Å²) in [6.07, 6.45) is 1.96. The molecular weight excluding hydrogens is 258 g/mol. The highest BCUT2D eigenvalue weighted by Gasteiger charge is 2.33. The average Bonchev–Trinajstić information content (AvgIpc) is 2.85. The summed E-state index contributed by atoms with van der Waals surface area (Å²) in [4.78, 5) is 29.6. The van der Waals surface area contributed by atoms with Gasteiger partial charge in [0.1, 0.15) is 0 Å². The van der Waals surface area contributed by atoms with E-state index in [1.165, 1.54) is 0 Å². The van der Waals surface area contributed by atoms with Crippen molar-refractivity contribution in [3.05, 3.63) is 30.1 Å². The number of pyridine rings is 1. The number of carbonyl (C=O) groups is 2. The Labute approximate surface area is 118 Å². The minimum absolute atomic E-state index is 0.0139. The van der Waals surface area contributed by atoms with Gasteiger partial charge in [-0.2, -0.15) is 0 Å². The van der Waals surface area contributed by atoms with Gasteiger partial charge < -0.3 is 15.0 Å². The van der Waals surface area contributed by atoms with E-state index in [-0.39, 0.29) is 24.2 Å². The fourth-order valence-electron chi connectivity index (χ4n) is 2.19. The van der Waals surface area contributed by atoms with Crippen LogP contribution in [-0.2, 0) is 20.9 Å². The summed E-state index contributed by atoms with van der Waals surface area (Å²) in [7, 11) is 1.59. The van der Waals surface area contributed by atoms with Gasteiger partial charge >= 0.3 is 0 Å². The molecule has 6 nitrogen and oxygen atoms in total. The van der Waals surface area contributed by atoms with E-state index in [0.29, 0.717) is 26.2 Å². The highest BCUT2D eigenvalue weighted by atomic mass is 16.5. The predicted molar refractivity (Wildman–Crippen MR) is 72.6 cm³/mol. The molecule has 0 unspecified atom stereocenters. The SMILES string of the molecule is COCCN1C[C@H](C(=O)NCc2ccccn2)CC1=O. The molecule has 0 aromatic carbocycles. The summed E-state index contributed by atoms with van der Waals surface area (Å²) >= 11 is 0. The van der Waals surface area contributed by atoms with E-state index in [2.05, 4.69) is 10.3 Å². The summed E-state index contributed by atoms with van der Waals surface area (Å²) in [6.45, 7) is 1.89. The molecule has 6 heteroatoms. The minimum Gasteiger partial charge on any atom is -0.383 e. The molecule has 1 fully saturated rings. The van der Waals surface area contributed by atoms with Crippen LogP contribution < -0.4 is 5.32 Å². The van der Waals surface area contributed by atoms with Gasteiger partial charge in [-0.05, 0) is 12.1 Å². The van der Waals surface area contributed by atoms with Gasteiger partial charge in [0, 0.05) is 32.8 Å². The number of hydrogen-bond acceptors (Lipinski definition) is 4. The normalized spacial score (nSPS) is 18.4. The number of aromatic nitrogens is 1. The van der Waals surface area contributed by atoms with Gasteiger partial charge in [0.15, 0.2) is 0 Å². The van der Waals surface area contributed by atoms with Crippen molar-refractivity contribution in [2.75, 3.05) is 26.8 Å². The maximum Gasteiger partial charge on any atom is 0.225 e. The molecule has 1 aromatic rings. The number of nitrogens with zero attached hydrogens (tertiary/aromatic N) is 2. The molecule has 1 saturated heterocycles. The largest absolute Gasteiger partial charge is 0.383 e. The monoisotopic (exact) mass is 277 g/mol. The molecule has 2 heterocycles. The molecule has 2 rings (SSSR count). The molecule has 108 valence electrons. The molecule has 20 heavy (non-hydrogen) atoms. The van der Waals surface area contributed by atoms with Gasteiger partial charge in [0.05, 0.1) is 24.8 Å². The Balaban J connectivity index is 1.80. The number of ether oxygens (including phenoxy) is 1. The number of hydrogen-bond donors (Lipinski definition) is 1. The molecule has 1 atom stereocenters. The van der Waals surface area contributed by atoms with Crippen molar-refractivity contribution < 1.29 is 14.3 Å². The molecule has 1 aromatic heterocycles. The highest BCUT2D eigenvalue weighted by molar-refractivity contribution is 5.89. The summed E-state index contributed by atoms with van der Waals surface area (Å²) in [5.74, 6) is -0.355. The highest BCUT2D eigenvalue weighted by Crippen LogP contribution is 2.17. The van der Waals surface area contributed by atoms with Gasteiger partial charge in [-0.3, -0.25) is 14.6 Å². The third kappa shape index (κ3) is 3.77. The van der Waals surface area contributed by atoms with Crippen LogP contribution in [0.5, 0.6) is 0 Å². The Morgan fingerprint density at radius 2 is 2.40 bits per heavy atom. The summed E-state index contributed by atoms with van der Waals surface area (Å²) < 4.78 is 4.95. The molecule has 1 aliphatic rings. The van der Waals surface area contributed by atoms with E-state index in [0.717, 1.165) is 5.69 Å². The zero-order chi connectivity index (χ0) is 14.4. The lowest BCUT2D eigenvalue weighted by atomic mass is 10.1. The number of rotatable bonds is 6. The second-order valence-corrected chi connectivity index (χ2v) is 4.77. The van der Waals surface area contributed by atoms with Crippen LogP contribution in [0.3, 0.4) is 0 Å². The Kier molecular flexibility index (Phi) is 5.06. The Morgan fingerprint density at radius 3 is 3.10 bits per heavy atom. The van der Waals surface area contributed by atoms with Crippen LogP contribution >= 0.6 is 0 Å². The quantitative estimate of drug-likeness (QED) is 0.806. The van der Waals surface area contributed by atoms with Gasteiger partial charge in [-0.15, -0.1) is 0 Å². The van der Waals surface area contributed by atoms with E-state index in [1.54, 1.807) is 18.2 Å². The van der Waals surface area contributed by atoms with Crippen molar-refractivity contribution in [1.82, 2.24) is 15.2 Å². The van der Waals surface area contributed by atoms with Gasteiger partial charge in [-0.25, -0.2) is 0 Å². The molecule has 1 aliphatic heterocycles. The fraction of sp³-hybridized carbons (Fsp3) is 0.500. The standard InChI is InChI=1S/C14H19N3O3/c1-20-7-6-17-10-11(8-13(17)18)14(19)16-9-12-4-2-3-5-15-12/h2-5,11H,6-10H2,1H3,(H,16,19)/t11-/m1/s1. The van der Waals surface area contributed by atoms with Crippen LogP contribution in [0, 0.1) is 5.92 Å². The number of amides is 2. The van der Waals surface area contributed by atoms with Crippen LogP contribution in [0.4, 0.5) is 0 Å². The van der Waals surface area contributed by atoms with Crippen LogP contribution in [0.2, 0.25) is 0 Å². The maximum atomic E-state index is 12.0. The van der Waals surface area contributed by atoms with Crippen LogP contribution in [0.1, 0.15) is 12.1 Å². The molecule has 0 radical (unpaired) electrons. The lowest BCUT2D eigenvalue weighted by Crippen LogP contribution is -2.33. The molecule has 0 saturated carbocycles. The van der Waals surface area contributed by atoms with Gasteiger partial charge in [0.25, 0.3) is 0 Å². The van der Waals surface area contributed by atoms with E-state index in [4.69, 9.17) is 4.74 Å². The molecular formula is C14H19N3O3. The third-order valence-electron chi connectivity index (χ3n) is 3.32. The number of methoxy groups -OCH3 is 1. The predicted octanol–water partition coefficient (Wildman–Crippen LogP) is 0.193. The topological polar surface area (TPSA) is 71.5 Å². The lowest BCUT2D eigenvalue weighted by molar-refractivity contribution is -0.129. The first-order valence-electron chi connectivity index (χ1n) is 6.65. The average molecular weight is 277 g/mol. The van der Waals surface area contributed by atoms with E-state index in [9.17, 15) is 9.59 Å². The first-order chi connectivity index (χ1) is 9.70. The van der Waals surface area contributed by atoms with Crippen molar-refractivity contribution in [3.8, 4) is 0 Å². The molecule has 2 amide bonds. The maximum absolute atomic E-state index is 12.0. The first-order valence-corrected chi connectivity index (χ1v) is 6.65. The fourth-order valence-corrected chi connectivity index (χ4v) is 2.19. The summed E-state index contributed by atoms with van der Waals surface area (Å²) in [6, 6.07) is 5.56. The Morgan fingerprint density at radius 1 is 1.55 bits per heavy atom. The molecule has 0 bridgehead atoms. The van der Waals surface area contributed by atoms with Crippen LogP contribution in [-0.4, -0.2) is 48.5 Å². The first kappa shape index (κ1) is 14.5. The minimum atomic E-state index is -0.275. The van der Waals surface area contributed by atoms with E-state index >= 15 is 0 Å². The van der Waals surface area contributed by atoms with Crippen molar-refractivity contribution in [3.63, 3.8) is 0 Å². The zero-order valence-electron chi connectivity index (χ0n) is 11.5. The number of nitrogens with one attached hydrogen (secondary N) is 1. The van der Waals surface area contributed by atoms with E-state index in [1.807, 2.05) is 18.2 Å². The zero-order valence-corrected chi connectivity index (χ0v) is 11.5. The molecule has 1 N–H and O–H groups in total.